The molecular formula is C23H22F3N3O3S. The van der Waals surface area contributed by atoms with Gasteiger partial charge in [0.25, 0.3) is 5.91 Å². The summed E-state index contributed by atoms with van der Waals surface area (Å²) in [4.78, 5) is 13.1. The van der Waals surface area contributed by atoms with Gasteiger partial charge in [-0.3, -0.25) is 4.79 Å². The molecule has 0 aliphatic carbocycles. The van der Waals surface area contributed by atoms with Crippen LogP contribution < -0.4 is 20.5 Å². The molecule has 0 saturated carbocycles. The summed E-state index contributed by atoms with van der Waals surface area (Å²) in [5.74, 6) is -0.227. The second-order valence-corrected chi connectivity index (χ2v) is 7.99. The van der Waals surface area contributed by atoms with Gasteiger partial charge in [0, 0.05) is 35.1 Å². The zero-order chi connectivity index (χ0) is 24.2. The predicted molar refractivity (Wildman–Crippen MR) is 123 cm³/mol. The Labute approximate surface area is 191 Å². The van der Waals surface area contributed by atoms with Crippen LogP contribution in [0.5, 0.6) is 5.75 Å². The Morgan fingerprint density at radius 2 is 1.79 bits per heavy atom. The third-order valence-electron chi connectivity index (χ3n) is 4.81. The Kier molecular flexibility index (Phi) is 7.39. The van der Waals surface area contributed by atoms with Crippen LogP contribution in [0.1, 0.15) is 22.8 Å². The smallest absolute Gasteiger partial charge is 0.417 e. The number of amides is 1. The first kappa shape index (κ1) is 24.3. The van der Waals surface area contributed by atoms with E-state index in [4.69, 9.17) is 9.88 Å². The lowest BCUT2D eigenvalue weighted by Crippen LogP contribution is -2.14. The molecule has 3 aromatic carbocycles. The number of benzene rings is 3. The number of methoxy groups -OCH3 is 1. The van der Waals surface area contributed by atoms with Gasteiger partial charge < -0.3 is 15.4 Å². The molecule has 3 aromatic rings. The molecule has 0 heterocycles. The average molecular weight is 478 g/mol. The van der Waals surface area contributed by atoms with Crippen molar-refractivity contribution in [3.63, 3.8) is 0 Å². The lowest BCUT2D eigenvalue weighted by Gasteiger charge is -2.17. The van der Waals surface area contributed by atoms with Crippen molar-refractivity contribution in [2.75, 3.05) is 24.3 Å². The fraction of sp³-hybridized carbons (Fsp3) is 0.174. The second kappa shape index (κ2) is 10.1. The summed E-state index contributed by atoms with van der Waals surface area (Å²) < 4.78 is 57.3. The molecule has 0 radical (unpaired) electrons. The van der Waals surface area contributed by atoms with E-state index < -0.39 is 28.6 Å². The van der Waals surface area contributed by atoms with Crippen molar-refractivity contribution in [2.24, 2.45) is 5.14 Å². The minimum Gasteiger partial charge on any atom is -0.495 e. The third kappa shape index (κ3) is 5.52. The predicted octanol–water partition coefficient (Wildman–Crippen LogP) is 5.05. The van der Waals surface area contributed by atoms with Gasteiger partial charge in [-0.25, -0.2) is 9.35 Å². The minimum absolute atomic E-state index is 0.0167. The normalized spacial score (nSPS) is 12.2. The molecule has 0 fully saturated rings. The Morgan fingerprint density at radius 3 is 2.42 bits per heavy atom. The Bertz CT molecular complexity index is 1200. The first-order valence-corrected chi connectivity index (χ1v) is 11.1. The van der Waals surface area contributed by atoms with Crippen LogP contribution in [-0.4, -0.2) is 23.8 Å². The molecule has 1 unspecified atom stereocenters. The molecule has 1 atom stereocenters. The van der Waals surface area contributed by atoms with Crippen LogP contribution in [0.15, 0.2) is 65.6 Å². The van der Waals surface area contributed by atoms with Crippen molar-refractivity contribution in [3.8, 4) is 16.9 Å². The van der Waals surface area contributed by atoms with Gasteiger partial charge in [0.2, 0.25) is 0 Å². The number of ether oxygens (including phenoxy) is 1. The highest BCUT2D eigenvalue weighted by atomic mass is 32.2. The van der Waals surface area contributed by atoms with Crippen LogP contribution in [0, 0.1) is 0 Å². The first-order valence-electron chi connectivity index (χ1n) is 9.85. The van der Waals surface area contributed by atoms with Crippen LogP contribution in [0.3, 0.4) is 0 Å². The number of halogens is 3. The van der Waals surface area contributed by atoms with Crippen LogP contribution in [0.25, 0.3) is 11.1 Å². The molecular weight excluding hydrogens is 455 g/mol. The van der Waals surface area contributed by atoms with E-state index in [0.29, 0.717) is 23.5 Å². The summed E-state index contributed by atoms with van der Waals surface area (Å²) in [5.41, 5.74) is 0.604. The lowest BCUT2D eigenvalue weighted by molar-refractivity contribution is -0.137. The summed E-state index contributed by atoms with van der Waals surface area (Å²) >= 11 is 0. The summed E-state index contributed by atoms with van der Waals surface area (Å²) in [6.07, 6.45) is -4.52. The number of nitrogens with two attached hydrogens (primary N) is 1. The molecule has 33 heavy (non-hydrogen) atoms. The SMILES string of the molecule is CCNc1cc(C(=O)Nc2ccc(S(N)=O)c(OC)c2)ccc1-c1ccccc1C(F)(F)F. The van der Waals surface area contributed by atoms with E-state index in [0.717, 1.165) is 6.07 Å². The maximum Gasteiger partial charge on any atom is 0.417 e. The molecule has 0 spiro atoms. The fourth-order valence-corrected chi connectivity index (χ4v) is 3.88. The number of hydrogen-bond donors (Lipinski definition) is 3. The second-order valence-electron chi connectivity index (χ2n) is 6.95. The molecule has 0 aliphatic heterocycles. The monoisotopic (exact) mass is 477 g/mol. The number of nitrogens with one attached hydrogen (secondary N) is 2. The number of anilines is 2. The number of alkyl halides is 3. The molecule has 0 saturated heterocycles. The van der Waals surface area contributed by atoms with Gasteiger partial charge in [-0.2, -0.15) is 13.2 Å². The Hall–Kier alpha value is -3.37. The van der Waals surface area contributed by atoms with E-state index in [-0.39, 0.29) is 21.8 Å². The van der Waals surface area contributed by atoms with Gasteiger partial charge >= 0.3 is 6.18 Å². The summed E-state index contributed by atoms with van der Waals surface area (Å²) in [6.45, 7) is 2.25. The van der Waals surface area contributed by atoms with Crippen LogP contribution in [0.4, 0.5) is 24.5 Å². The molecule has 4 N–H and O–H groups in total. The van der Waals surface area contributed by atoms with E-state index in [1.54, 1.807) is 6.92 Å². The van der Waals surface area contributed by atoms with E-state index in [1.807, 2.05) is 0 Å². The van der Waals surface area contributed by atoms with Gasteiger partial charge in [0.1, 0.15) is 16.7 Å². The van der Waals surface area contributed by atoms with Crippen molar-refractivity contribution in [1.82, 2.24) is 0 Å². The molecule has 174 valence electrons. The highest BCUT2D eigenvalue weighted by Crippen LogP contribution is 2.40. The highest BCUT2D eigenvalue weighted by Gasteiger charge is 2.33. The average Bonchev–Trinajstić information content (AvgIpc) is 2.78. The van der Waals surface area contributed by atoms with E-state index in [1.165, 1.54) is 61.7 Å². The van der Waals surface area contributed by atoms with E-state index >= 15 is 0 Å². The van der Waals surface area contributed by atoms with Gasteiger partial charge in [-0.05, 0) is 42.8 Å². The Balaban J connectivity index is 1.96. The third-order valence-corrected chi connectivity index (χ3v) is 5.58. The van der Waals surface area contributed by atoms with Crippen LogP contribution >= 0.6 is 0 Å². The molecule has 3 rings (SSSR count). The van der Waals surface area contributed by atoms with Crippen molar-refractivity contribution in [2.45, 2.75) is 18.0 Å². The largest absolute Gasteiger partial charge is 0.495 e. The lowest BCUT2D eigenvalue weighted by atomic mass is 9.96. The van der Waals surface area contributed by atoms with E-state index in [9.17, 15) is 22.2 Å². The molecule has 0 aliphatic rings. The quantitative estimate of drug-likeness (QED) is 0.444. The maximum absolute atomic E-state index is 13.5. The van der Waals surface area contributed by atoms with Crippen molar-refractivity contribution in [3.05, 3.63) is 71.8 Å². The maximum atomic E-state index is 13.5. The zero-order valence-electron chi connectivity index (χ0n) is 17.8. The van der Waals surface area contributed by atoms with Gasteiger partial charge in [0.15, 0.2) is 0 Å². The van der Waals surface area contributed by atoms with Crippen molar-refractivity contribution < 1.29 is 26.9 Å². The molecule has 0 bridgehead atoms. The summed E-state index contributed by atoms with van der Waals surface area (Å²) in [6, 6.07) is 14.2. The standard InChI is InChI=1S/C23H22F3N3O3S/c1-3-28-19-12-14(8-10-17(19)16-6-4-5-7-18(16)23(24,25)26)22(30)29-15-9-11-21(33(27)31)20(13-15)32-2/h4-13,28H,3,27H2,1-2H3,(H,29,30). The minimum atomic E-state index is -4.52. The first-order chi connectivity index (χ1) is 15.7. The number of hydrogen-bond acceptors (Lipinski definition) is 4. The van der Waals surface area contributed by atoms with Gasteiger partial charge in [-0.15, -0.1) is 0 Å². The van der Waals surface area contributed by atoms with Gasteiger partial charge in [0.05, 0.1) is 17.6 Å². The fourth-order valence-electron chi connectivity index (χ4n) is 3.34. The van der Waals surface area contributed by atoms with Crippen LogP contribution in [0.2, 0.25) is 0 Å². The van der Waals surface area contributed by atoms with Crippen molar-refractivity contribution in [1.29, 1.82) is 0 Å². The topological polar surface area (TPSA) is 93.5 Å². The molecule has 1 amide bonds. The number of carbonyl (C=O) groups excluding carboxylic acids is 1. The summed E-state index contributed by atoms with van der Waals surface area (Å²) in [5, 5.41) is 11.1. The highest BCUT2D eigenvalue weighted by molar-refractivity contribution is 7.82. The Morgan fingerprint density at radius 1 is 1.06 bits per heavy atom. The van der Waals surface area contributed by atoms with Crippen molar-refractivity contribution >= 4 is 28.3 Å². The molecule has 6 nitrogen and oxygen atoms in total. The van der Waals surface area contributed by atoms with E-state index in [2.05, 4.69) is 10.6 Å². The van der Waals surface area contributed by atoms with Gasteiger partial charge in [-0.1, -0.05) is 24.3 Å². The van der Waals surface area contributed by atoms with Crippen LogP contribution in [-0.2, 0) is 17.2 Å². The number of carbonyl (C=O) groups is 1. The zero-order valence-corrected chi connectivity index (χ0v) is 18.6. The molecule has 10 heteroatoms. The summed E-state index contributed by atoms with van der Waals surface area (Å²) in [7, 11) is -0.372. The molecule has 0 aromatic heterocycles. The number of rotatable bonds is 7.